The van der Waals surface area contributed by atoms with Gasteiger partial charge in [-0.15, -0.1) is 11.3 Å². The highest BCUT2D eigenvalue weighted by Crippen LogP contribution is 2.20. The number of aromatic nitrogens is 1. The average Bonchev–Trinajstić information content (AvgIpc) is 2.31. The second kappa shape index (κ2) is 2.76. The first-order valence-electron chi connectivity index (χ1n) is 3.93. The molecule has 0 fully saturated rings. The van der Waals surface area contributed by atoms with Crippen LogP contribution in [0, 0.1) is 24.7 Å². The summed E-state index contributed by atoms with van der Waals surface area (Å²) in [5.74, 6) is 6.64. The average molecular weight is 175 g/mol. The molecule has 1 atom stereocenters. The van der Waals surface area contributed by atoms with E-state index >= 15 is 0 Å². The minimum atomic E-state index is 0.353. The minimum Gasteiger partial charge on any atom is -0.241 e. The van der Waals surface area contributed by atoms with Gasteiger partial charge in [0.25, 0.3) is 0 Å². The molecule has 0 saturated heterocycles. The lowest BCUT2D eigenvalue weighted by atomic mass is 10.2. The third-order valence-electron chi connectivity index (χ3n) is 1.72. The van der Waals surface area contributed by atoms with Crippen LogP contribution in [0.15, 0.2) is 6.08 Å². The van der Waals surface area contributed by atoms with E-state index in [0.29, 0.717) is 5.92 Å². The largest absolute Gasteiger partial charge is 0.241 e. The van der Waals surface area contributed by atoms with Crippen LogP contribution in [0.3, 0.4) is 0 Å². The molecule has 60 valence electrons. The van der Waals surface area contributed by atoms with Crippen molar-refractivity contribution in [3.05, 3.63) is 21.7 Å². The van der Waals surface area contributed by atoms with Crippen molar-refractivity contribution >= 4 is 17.4 Å². The van der Waals surface area contributed by atoms with Crippen molar-refractivity contribution in [1.29, 1.82) is 0 Å². The van der Waals surface area contributed by atoms with E-state index in [4.69, 9.17) is 0 Å². The Balaban J connectivity index is 2.54. The molecule has 2 rings (SSSR count). The lowest BCUT2D eigenvalue weighted by molar-refractivity contribution is 0.988. The Hall–Kier alpha value is -1.07. The van der Waals surface area contributed by atoms with Crippen LogP contribution >= 0.6 is 11.3 Å². The molecule has 1 nitrogen and oxygen atoms in total. The maximum atomic E-state index is 4.37. The number of hydrogen-bond donors (Lipinski definition) is 0. The molecular weight excluding hydrogens is 166 g/mol. The Labute approximate surface area is 76.1 Å². The van der Waals surface area contributed by atoms with Crippen LogP contribution in [-0.2, 0) is 0 Å². The van der Waals surface area contributed by atoms with Crippen LogP contribution in [-0.4, -0.2) is 4.98 Å². The molecule has 0 saturated carbocycles. The van der Waals surface area contributed by atoms with Crippen molar-refractivity contribution in [2.75, 3.05) is 0 Å². The molecule has 2 heteroatoms. The Morgan fingerprint density at radius 1 is 1.58 bits per heavy atom. The first-order chi connectivity index (χ1) is 5.75. The Kier molecular flexibility index (Phi) is 1.74. The van der Waals surface area contributed by atoms with E-state index in [1.807, 2.05) is 6.92 Å². The van der Waals surface area contributed by atoms with Gasteiger partial charge in [-0.05, 0) is 19.9 Å². The van der Waals surface area contributed by atoms with Crippen LogP contribution in [0.1, 0.15) is 22.5 Å². The third kappa shape index (κ3) is 1.28. The van der Waals surface area contributed by atoms with Crippen LogP contribution in [0.4, 0.5) is 0 Å². The summed E-state index contributed by atoms with van der Waals surface area (Å²) in [6, 6.07) is 0. The molecule has 1 aliphatic carbocycles. The first-order valence-corrected chi connectivity index (χ1v) is 4.74. The van der Waals surface area contributed by atoms with Gasteiger partial charge >= 0.3 is 0 Å². The van der Waals surface area contributed by atoms with E-state index in [9.17, 15) is 0 Å². The topological polar surface area (TPSA) is 12.9 Å². The predicted molar refractivity (Wildman–Crippen MR) is 51.9 cm³/mol. The molecule has 0 aromatic carbocycles. The van der Waals surface area contributed by atoms with E-state index < -0.39 is 0 Å². The highest BCUT2D eigenvalue weighted by Gasteiger charge is 2.06. The number of allylic oxidation sites excluding steroid dienone is 1. The number of aryl methyl sites for hydroxylation is 1. The summed E-state index contributed by atoms with van der Waals surface area (Å²) in [5, 5.41) is 1.09. The monoisotopic (exact) mass is 175 g/mol. The number of nitrogens with zero attached hydrogens (tertiary/aromatic N) is 1. The zero-order valence-electron chi connectivity index (χ0n) is 7.09. The molecule has 0 aliphatic heterocycles. The van der Waals surface area contributed by atoms with E-state index in [0.717, 1.165) is 15.6 Å². The molecule has 1 unspecified atom stereocenters. The SMILES string of the molecule is Cc1nc2c(s1)C#CC(C)C=C2. The van der Waals surface area contributed by atoms with Gasteiger partial charge < -0.3 is 0 Å². The van der Waals surface area contributed by atoms with E-state index in [1.165, 1.54) is 0 Å². The molecular formula is C10H9NS. The standard InChI is InChI=1S/C10H9NS/c1-7-3-5-9-10(6-4-7)12-8(2)11-9/h3,5,7H,1-2H3. The number of fused-ring (bicyclic) bond motifs is 1. The summed E-state index contributed by atoms with van der Waals surface area (Å²) >= 11 is 1.67. The molecule has 1 aliphatic rings. The second-order valence-electron chi connectivity index (χ2n) is 2.86. The van der Waals surface area contributed by atoms with Gasteiger partial charge in [-0.1, -0.05) is 17.9 Å². The molecule has 0 N–H and O–H groups in total. The fourth-order valence-electron chi connectivity index (χ4n) is 1.11. The van der Waals surface area contributed by atoms with Crippen molar-refractivity contribution in [2.45, 2.75) is 13.8 Å². The van der Waals surface area contributed by atoms with Crippen LogP contribution in [0.25, 0.3) is 6.08 Å². The summed E-state index contributed by atoms with van der Waals surface area (Å²) in [6.07, 6.45) is 4.15. The molecule has 1 aromatic heterocycles. The van der Waals surface area contributed by atoms with Gasteiger partial charge in [0.05, 0.1) is 10.7 Å². The number of thiazole rings is 1. The zero-order chi connectivity index (χ0) is 8.55. The van der Waals surface area contributed by atoms with Crippen molar-refractivity contribution in [2.24, 2.45) is 5.92 Å². The summed E-state index contributed by atoms with van der Waals surface area (Å²) in [4.78, 5) is 5.48. The Morgan fingerprint density at radius 2 is 2.42 bits per heavy atom. The molecule has 12 heavy (non-hydrogen) atoms. The van der Waals surface area contributed by atoms with Gasteiger partial charge in [0, 0.05) is 5.92 Å². The van der Waals surface area contributed by atoms with Crippen LogP contribution in [0.2, 0.25) is 0 Å². The maximum absolute atomic E-state index is 4.37. The molecule has 0 amide bonds. The number of rotatable bonds is 0. The van der Waals surface area contributed by atoms with Crippen molar-refractivity contribution in [3.63, 3.8) is 0 Å². The summed E-state index contributed by atoms with van der Waals surface area (Å²) in [6.45, 7) is 4.10. The van der Waals surface area contributed by atoms with Crippen molar-refractivity contribution in [3.8, 4) is 11.8 Å². The molecule has 0 radical (unpaired) electrons. The van der Waals surface area contributed by atoms with E-state index in [2.05, 4.69) is 35.9 Å². The van der Waals surface area contributed by atoms with Crippen molar-refractivity contribution in [1.82, 2.24) is 4.98 Å². The normalized spacial score (nSPS) is 19.3. The van der Waals surface area contributed by atoms with E-state index in [1.54, 1.807) is 11.3 Å². The first kappa shape index (κ1) is 7.57. The van der Waals surface area contributed by atoms with Gasteiger partial charge in [0.1, 0.15) is 4.88 Å². The summed E-state index contributed by atoms with van der Waals surface area (Å²) in [7, 11) is 0. The van der Waals surface area contributed by atoms with Crippen LogP contribution < -0.4 is 0 Å². The van der Waals surface area contributed by atoms with E-state index in [-0.39, 0.29) is 0 Å². The molecule has 1 heterocycles. The quantitative estimate of drug-likeness (QED) is 0.552. The molecule has 1 aromatic rings. The number of hydrogen-bond acceptors (Lipinski definition) is 2. The second-order valence-corrected chi connectivity index (χ2v) is 4.07. The van der Waals surface area contributed by atoms with Crippen molar-refractivity contribution < 1.29 is 0 Å². The molecule has 0 spiro atoms. The van der Waals surface area contributed by atoms with Gasteiger partial charge in [-0.25, -0.2) is 4.98 Å². The maximum Gasteiger partial charge on any atom is 0.104 e. The summed E-state index contributed by atoms with van der Waals surface area (Å²) < 4.78 is 0. The summed E-state index contributed by atoms with van der Waals surface area (Å²) in [5.41, 5.74) is 1.04. The van der Waals surface area contributed by atoms with Gasteiger partial charge in [0.2, 0.25) is 0 Å². The Bertz CT molecular complexity index is 390. The highest BCUT2D eigenvalue weighted by molar-refractivity contribution is 7.12. The van der Waals surface area contributed by atoms with Gasteiger partial charge in [-0.2, -0.15) is 0 Å². The zero-order valence-corrected chi connectivity index (χ0v) is 7.90. The lowest BCUT2D eigenvalue weighted by Crippen LogP contribution is -1.79. The van der Waals surface area contributed by atoms with Gasteiger partial charge in [-0.3, -0.25) is 0 Å². The molecule has 0 bridgehead atoms. The fraction of sp³-hybridized carbons (Fsp3) is 0.300. The lowest BCUT2D eigenvalue weighted by Gasteiger charge is -1.88. The highest BCUT2D eigenvalue weighted by atomic mass is 32.1. The van der Waals surface area contributed by atoms with Gasteiger partial charge in [0.15, 0.2) is 0 Å². The Morgan fingerprint density at radius 3 is 3.25 bits per heavy atom. The smallest absolute Gasteiger partial charge is 0.104 e. The third-order valence-corrected chi connectivity index (χ3v) is 2.62. The van der Waals surface area contributed by atoms with Crippen LogP contribution in [0.5, 0.6) is 0 Å². The predicted octanol–water partition coefficient (Wildman–Crippen LogP) is 2.47. The minimum absolute atomic E-state index is 0.353. The fourth-order valence-corrected chi connectivity index (χ4v) is 1.88.